The van der Waals surface area contributed by atoms with E-state index in [1.807, 2.05) is 29.1 Å². The second-order valence-electron chi connectivity index (χ2n) is 13.7. The van der Waals surface area contributed by atoms with E-state index in [1.54, 1.807) is 18.3 Å². The third-order valence-corrected chi connectivity index (χ3v) is 10.2. The summed E-state index contributed by atoms with van der Waals surface area (Å²) in [5.74, 6) is 1.19. The molecule has 9 heteroatoms. The molecule has 0 aliphatic rings. The number of ether oxygens (including phenoxy) is 1. The summed E-state index contributed by atoms with van der Waals surface area (Å²) in [7, 11) is 1.38. The molecule has 3 aromatic heterocycles. The van der Waals surface area contributed by atoms with Crippen molar-refractivity contribution in [3.8, 4) is 33.9 Å². The lowest BCUT2D eigenvalue weighted by Crippen LogP contribution is -2.39. The van der Waals surface area contributed by atoms with E-state index in [0.29, 0.717) is 29.3 Å². The van der Waals surface area contributed by atoms with Crippen LogP contribution in [0.25, 0.3) is 33.9 Å². The molecule has 56 heavy (non-hydrogen) atoms. The largest absolute Gasteiger partial charge is 0.465 e. The lowest BCUT2D eigenvalue weighted by atomic mass is 9.77. The van der Waals surface area contributed by atoms with Crippen LogP contribution in [0.1, 0.15) is 58.2 Å². The molecule has 0 radical (unpaired) electrons. The number of unbranched alkanes of at least 4 members (excludes halogenated alkanes) is 1. The molecule has 3 heterocycles. The number of hydrogen-bond acceptors (Lipinski definition) is 7. The Balaban J connectivity index is 1.09. The van der Waals surface area contributed by atoms with Crippen LogP contribution in [0.3, 0.4) is 0 Å². The van der Waals surface area contributed by atoms with Crippen LogP contribution in [0.5, 0.6) is 0 Å². The number of methoxy groups -OCH3 is 1. The zero-order valence-corrected chi connectivity index (χ0v) is 31.4. The minimum absolute atomic E-state index is 0.400. The Morgan fingerprint density at radius 3 is 1.84 bits per heavy atom. The first-order chi connectivity index (χ1) is 27.6. The molecule has 0 spiro atoms. The van der Waals surface area contributed by atoms with Gasteiger partial charge in [-0.1, -0.05) is 153 Å². The van der Waals surface area contributed by atoms with Crippen molar-refractivity contribution in [1.29, 1.82) is 0 Å². The lowest BCUT2D eigenvalue weighted by Gasteiger charge is -2.36. The molecule has 0 saturated heterocycles. The molecule has 9 nitrogen and oxygen atoms in total. The van der Waals surface area contributed by atoms with Crippen LogP contribution in [-0.4, -0.2) is 47.8 Å². The summed E-state index contributed by atoms with van der Waals surface area (Å²) >= 11 is 0. The quantitative estimate of drug-likeness (QED) is 0.0860. The van der Waals surface area contributed by atoms with Crippen LogP contribution in [-0.2, 0) is 23.2 Å². The van der Waals surface area contributed by atoms with Crippen molar-refractivity contribution in [2.45, 2.75) is 38.3 Å². The van der Waals surface area contributed by atoms with Crippen LogP contribution in [0, 0.1) is 0 Å². The highest BCUT2D eigenvalue weighted by Crippen LogP contribution is 2.42. The van der Waals surface area contributed by atoms with Crippen LogP contribution >= 0.6 is 0 Å². The molecule has 0 fully saturated rings. The standard InChI is InChI=1S/C47H41N7O2/c1-3-4-22-43-49-42(44-41(46(55)56-2)21-14-31-48-44)33-53(43)32-34-23-25-35(26-24-34)36-27-29-37(30-28-36)45-50-51-52-54(45)47(38-15-8-5-9-16-38,39-17-10-6-11-18-39)40-19-12-7-13-20-40/h5-21,23-31,33H,3-4,22,32H2,1-2H3. The zero-order valence-electron chi connectivity index (χ0n) is 31.4. The van der Waals surface area contributed by atoms with E-state index in [4.69, 9.17) is 14.9 Å². The van der Waals surface area contributed by atoms with Crippen molar-refractivity contribution in [2.75, 3.05) is 7.11 Å². The zero-order chi connectivity index (χ0) is 38.3. The van der Waals surface area contributed by atoms with E-state index in [9.17, 15) is 4.79 Å². The predicted octanol–water partition coefficient (Wildman–Crippen LogP) is 9.28. The van der Waals surface area contributed by atoms with Gasteiger partial charge in [-0.3, -0.25) is 4.98 Å². The summed E-state index contributed by atoms with van der Waals surface area (Å²) in [4.78, 5) is 21.9. The number of benzene rings is 5. The summed E-state index contributed by atoms with van der Waals surface area (Å²) in [5, 5.41) is 13.6. The number of hydrogen-bond donors (Lipinski definition) is 0. The van der Waals surface area contributed by atoms with Gasteiger partial charge in [0.15, 0.2) is 5.82 Å². The smallest absolute Gasteiger partial charge is 0.340 e. The first-order valence-corrected chi connectivity index (χ1v) is 18.8. The number of esters is 1. The van der Waals surface area contributed by atoms with Crippen LogP contribution in [0.4, 0.5) is 0 Å². The van der Waals surface area contributed by atoms with Gasteiger partial charge in [-0.2, -0.15) is 0 Å². The SMILES string of the molecule is CCCCc1nc(-c2ncccc2C(=O)OC)cn1Cc1ccc(-c2ccc(-c3nnnn3C(c3ccccc3)(c3ccccc3)c3ccccc3)cc2)cc1. The van der Waals surface area contributed by atoms with Crippen LogP contribution in [0.2, 0.25) is 0 Å². The highest BCUT2D eigenvalue weighted by molar-refractivity contribution is 5.95. The molecule has 276 valence electrons. The van der Waals surface area contributed by atoms with Gasteiger partial charge in [-0.15, -0.1) is 5.10 Å². The molecule has 0 bridgehead atoms. The third kappa shape index (κ3) is 6.91. The first-order valence-electron chi connectivity index (χ1n) is 18.8. The Hall–Kier alpha value is -7.00. The number of aromatic nitrogens is 7. The molecular formula is C47H41N7O2. The van der Waals surface area contributed by atoms with Crippen molar-refractivity contribution >= 4 is 5.97 Å². The Kier molecular flexibility index (Phi) is 10.4. The average Bonchev–Trinajstić information content (AvgIpc) is 3.92. The number of carbonyl (C=O) groups excluding carboxylic acids is 1. The Bertz CT molecular complexity index is 2430. The molecule has 8 rings (SSSR count). The second-order valence-corrected chi connectivity index (χ2v) is 13.7. The second kappa shape index (κ2) is 16.2. The van der Waals surface area contributed by atoms with Crippen LogP contribution in [0.15, 0.2) is 164 Å². The Labute approximate surface area is 326 Å². The van der Waals surface area contributed by atoms with Gasteiger partial charge in [0, 0.05) is 30.9 Å². The van der Waals surface area contributed by atoms with Crippen molar-refractivity contribution in [3.63, 3.8) is 0 Å². The Morgan fingerprint density at radius 1 is 0.696 bits per heavy atom. The van der Waals surface area contributed by atoms with Gasteiger partial charge in [0.25, 0.3) is 0 Å². The first kappa shape index (κ1) is 36.0. The summed E-state index contributed by atoms with van der Waals surface area (Å²) in [6.07, 6.45) is 6.55. The van der Waals surface area contributed by atoms with Gasteiger partial charge in [0.05, 0.1) is 12.7 Å². The van der Waals surface area contributed by atoms with Gasteiger partial charge in [0.2, 0.25) is 0 Å². The van der Waals surface area contributed by atoms with E-state index in [1.165, 1.54) is 7.11 Å². The van der Waals surface area contributed by atoms with Crippen LogP contribution < -0.4 is 0 Å². The molecule has 0 N–H and O–H groups in total. The minimum Gasteiger partial charge on any atom is -0.465 e. The number of imidazole rings is 1. The van der Waals surface area contributed by atoms with Gasteiger partial charge >= 0.3 is 5.97 Å². The highest BCUT2D eigenvalue weighted by atomic mass is 16.5. The maximum Gasteiger partial charge on any atom is 0.340 e. The highest BCUT2D eigenvalue weighted by Gasteiger charge is 2.41. The van der Waals surface area contributed by atoms with Crippen molar-refractivity contribution in [3.05, 3.63) is 198 Å². The van der Waals surface area contributed by atoms with E-state index >= 15 is 0 Å². The predicted molar refractivity (Wildman–Crippen MR) is 218 cm³/mol. The molecule has 0 atom stereocenters. The average molecular weight is 736 g/mol. The summed E-state index contributed by atoms with van der Waals surface area (Å²) in [6.45, 7) is 2.81. The molecule has 0 aliphatic heterocycles. The molecule has 8 aromatic rings. The molecule has 0 saturated carbocycles. The fourth-order valence-electron chi connectivity index (χ4n) is 7.43. The number of rotatable bonds is 13. The van der Waals surface area contributed by atoms with E-state index < -0.39 is 11.5 Å². The molecule has 5 aromatic carbocycles. The van der Waals surface area contributed by atoms with Gasteiger partial charge in [0.1, 0.15) is 22.8 Å². The normalized spacial score (nSPS) is 11.4. The summed E-state index contributed by atoms with van der Waals surface area (Å²) < 4.78 is 9.13. The van der Waals surface area contributed by atoms with Crippen molar-refractivity contribution in [1.82, 2.24) is 34.7 Å². The maximum atomic E-state index is 12.5. The van der Waals surface area contributed by atoms with Gasteiger partial charge in [-0.25, -0.2) is 14.5 Å². The van der Waals surface area contributed by atoms with Crippen molar-refractivity contribution in [2.24, 2.45) is 0 Å². The third-order valence-electron chi connectivity index (χ3n) is 10.2. The van der Waals surface area contributed by atoms with E-state index in [-0.39, 0.29) is 0 Å². The minimum atomic E-state index is -0.829. The number of nitrogens with zero attached hydrogens (tertiary/aromatic N) is 7. The number of aryl methyl sites for hydroxylation is 1. The Morgan fingerprint density at radius 2 is 1.27 bits per heavy atom. The maximum absolute atomic E-state index is 12.5. The van der Waals surface area contributed by atoms with Crippen molar-refractivity contribution < 1.29 is 9.53 Å². The monoisotopic (exact) mass is 735 g/mol. The summed E-state index contributed by atoms with van der Waals surface area (Å²) in [5.41, 5.74) is 8.13. The van der Waals surface area contributed by atoms with E-state index in [2.05, 4.69) is 148 Å². The fraction of sp³-hybridized carbons (Fsp3) is 0.149. The molecule has 0 amide bonds. The van der Waals surface area contributed by atoms with Gasteiger partial charge < -0.3 is 9.30 Å². The molecular weight excluding hydrogens is 695 g/mol. The molecule has 0 unspecified atom stereocenters. The van der Waals surface area contributed by atoms with Gasteiger partial charge in [-0.05, 0) is 62.4 Å². The fourth-order valence-corrected chi connectivity index (χ4v) is 7.43. The number of tetrazole rings is 1. The van der Waals surface area contributed by atoms with E-state index in [0.717, 1.165) is 64.0 Å². The lowest BCUT2D eigenvalue weighted by molar-refractivity contribution is 0.0601. The summed E-state index contributed by atoms with van der Waals surface area (Å²) in [6, 6.07) is 51.7. The molecule has 0 aliphatic carbocycles. The topological polar surface area (TPSA) is 101 Å². The number of carbonyl (C=O) groups is 1. The number of pyridine rings is 1.